The molecule has 0 aliphatic rings. The first-order valence-corrected chi connectivity index (χ1v) is 5.87. The van der Waals surface area contributed by atoms with Gasteiger partial charge in [0, 0.05) is 12.7 Å². The number of thiol groups is 1. The topological polar surface area (TPSA) is 71.3 Å². The minimum absolute atomic E-state index is 0.253. The third-order valence-electron chi connectivity index (χ3n) is 2.11. The number of furan rings is 1. The summed E-state index contributed by atoms with van der Waals surface area (Å²) in [6.45, 7) is 3.50. The van der Waals surface area contributed by atoms with E-state index in [0.717, 1.165) is 5.76 Å². The minimum atomic E-state index is -0.619. The highest BCUT2D eigenvalue weighted by atomic mass is 32.1. The van der Waals surface area contributed by atoms with Crippen molar-refractivity contribution in [2.24, 2.45) is 0 Å². The summed E-state index contributed by atoms with van der Waals surface area (Å²) in [5, 5.41) is 5.19. The van der Waals surface area contributed by atoms with Crippen LogP contribution in [0.2, 0.25) is 0 Å². The fraction of sp³-hybridized carbons (Fsp3) is 0.455. The maximum Gasteiger partial charge on any atom is 0.243 e. The first-order chi connectivity index (χ1) is 8.02. The summed E-state index contributed by atoms with van der Waals surface area (Å²) in [6, 6.07) is 3.00. The molecule has 0 aliphatic heterocycles. The first kappa shape index (κ1) is 13.6. The number of hydrogen-bond acceptors (Lipinski definition) is 4. The van der Waals surface area contributed by atoms with Gasteiger partial charge in [0.15, 0.2) is 0 Å². The zero-order valence-electron chi connectivity index (χ0n) is 9.82. The summed E-state index contributed by atoms with van der Waals surface area (Å²) in [5.74, 6) is 1.19. The summed E-state index contributed by atoms with van der Waals surface area (Å²) in [7, 11) is 0. The van der Waals surface area contributed by atoms with Gasteiger partial charge in [0.05, 0.1) is 6.54 Å². The summed E-state index contributed by atoms with van der Waals surface area (Å²) in [6.07, 6.45) is 0. The van der Waals surface area contributed by atoms with Crippen LogP contribution in [0.25, 0.3) is 0 Å². The molecule has 1 aromatic rings. The molecule has 0 radical (unpaired) electrons. The Bertz CT molecular complexity index is 403. The van der Waals surface area contributed by atoms with Crippen LogP contribution in [0, 0.1) is 6.92 Å². The molecule has 0 aromatic carbocycles. The number of aryl methyl sites for hydroxylation is 1. The van der Waals surface area contributed by atoms with E-state index >= 15 is 0 Å². The van der Waals surface area contributed by atoms with Crippen molar-refractivity contribution in [3.05, 3.63) is 23.7 Å². The van der Waals surface area contributed by atoms with Gasteiger partial charge in [-0.05, 0) is 19.1 Å². The van der Waals surface area contributed by atoms with Gasteiger partial charge in [0.25, 0.3) is 0 Å². The molecule has 0 bridgehead atoms. The molecule has 2 N–H and O–H groups in total. The van der Waals surface area contributed by atoms with Crippen LogP contribution in [0.3, 0.4) is 0 Å². The highest BCUT2D eigenvalue weighted by molar-refractivity contribution is 7.80. The van der Waals surface area contributed by atoms with Crippen molar-refractivity contribution < 1.29 is 14.0 Å². The average molecular weight is 256 g/mol. The first-order valence-electron chi connectivity index (χ1n) is 5.24. The Morgan fingerprint density at radius 2 is 2.18 bits per heavy atom. The van der Waals surface area contributed by atoms with E-state index in [1.54, 1.807) is 6.07 Å². The Labute approximate surface area is 105 Å². The van der Waals surface area contributed by atoms with Gasteiger partial charge in [-0.2, -0.15) is 12.6 Å². The summed E-state index contributed by atoms with van der Waals surface area (Å²) >= 11 is 4.01. The fourth-order valence-corrected chi connectivity index (χ4v) is 1.57. The number of carbonyl (C=O) groups excluding carboxylic acids is 2. The quantitative estimate of drug-likeness (QED) is 0.677. The SMILES string of the molecule is CC(=O)NC(CS)C(=O)NCc1ccc(C)o1. The van der Waals surface area contributed by atoms with Crippen LogP contribution < -0.4 is 10.6 Å². The molecule has 1 rings (SSSR count). The van der Waals surface area contributed by atoms with Crippen LogP contribution in [0.5, 0.6) is 0 Å². The third-order valence-corrected chi connectivity index (χ3v) is 2.47. The predicted molar refractivity (Wildman–Crippen MR) is 66.7 cm³/mol. The molecule has 94 valence electrons. The number of rotatable bonds is 5. The highest BCUT2D eigenvalue weighted by Crippen LogP contribution is 2.05. The molecule has 0 saturated carbocycles. The lowest BCUT2D eigenvalue weighted by atomic mass is 10.3. The number of hydrogen-bond donors (Lipinski definition) is 3. The normalized spacial score (nSPS) is 11.9. The highest BCUT2D eigenvalue weighted by Gasteiger charge is 2.17. The summed E-state index contributed by atoms with van der Waals surface area (Å²) < 4.78 is 5.31. The zero-order valence-corrected chi connectivity index (χ0v) is 10.7. The molecule has 0 fully saturated rings. The van der Waals surface area contributed by atoms with Gasteiger partial charge in [-0.25, -0.2) is 0 Å². The van der Waals surface area contributed by atoms with Crippen molar-refractivity contribution in [2.75, 3.05) is 5.75 Å². The fourth-order valence-electron chi connectivity index (χ4n) is 1.32. The van der Waals surface area contributed by atoms with E-state index in [0.29, 0.717) is 12.3 Å². The molecule has 1 heterocycles. The predicted octanol–water partition coefficient (Wildman–Crippen LogP) is 0.639. The molecule has 0 aliphatic carbocycles. The van der Waals surface area contributed by atoms with E-state index in [-0.39, 0.29) is 17.6 Å². The molecule has 1 atom stereocenters. The average Bonchev–Trinajstić information content (AvgIpc) is 2.68. The molecule has 1 unspecified atom stereocenters. The molecule has 6 heteroatoms. The molecule has 0 spiro atoms. The second-order valence-corrected chi connectivity index (χ2v) is 4.03. The lowest BCUT2D eigenvalue weighted by molar-refractivity contribution is -0.127. The van der Waals surface area contributed by atoms with Gasteiger partial charge < -0.3 is 15.1 Å². The lowest BCUT2D eigenvalue weighted by Crippen LogP contribution is -2.47. The Hall–Kier alpha value is -1.43. The van der Waals surface area contributed by atoms with E-state index in [1.807, 2.05) is 13.0 Å². The van der Waals surface area contributed by atoms with Crippen LogP contribution in [-0.2, 0) is 16.1 Å². The monoisotopic (exact) mass is 256 g/mol. The minimum Gasteiger partial charge on any atom is -0.465 e. The smallest absolute Gasteiger partial charge is 0.243 e. The van der Waals surface area contributed by atoms with E-state index in [1.165, 1.54) is 6.92 Å². The largest absolute Gasteiger partial charge is 0.465 e. The molecule has 17 heavy (non-hydrogen) atoms. The van der Waals surface area contributed by atoms with Crippen molar-refractivity contribution in [2.45, 2.75) is 26.4 Å². The standard InChI is InChI=1S/C11H16N2O3S/c1-7-3-4-9(16-7)5-12-11(15)10(6-17)13-8(2)14/h3-4,10,17H,5-6H2,1-2H3,(H,12,15)(H,13,14). The van der Waals surface area contributed by atoms with Crippen LogP contribution in [-0.4, -0.2) is 23.6 Å². The van der Waals surface area contributed by atoms with Crippen LogP contribution >= 0.6 is 12.6 Å². The van der Waals surface area contributed by atoms with Crippen molar-refractivity contribution in [3.8, 4) is 0 Å². The number of carbonyl (C=O) groups is 2. The van der Waals surface area contributed by atoms with Crippen molar-refractivity contribution in [1.82, 2.24) is 10.6 Å². The van der Waals surface area contributed by atoms with Crippen LogP contribution in [0.1, 0.15) is 18.4 Å². The molecular weight excluding hydrogens is 240 g/mol. The Kier molecular flexibility index (Phi) is 5.09. The van der Waals surface area contributed by atoms with Gasteiger partial charge in [0.1, 0.15) is 17.6 Å². The van der Waals surface area contributed by atoms with Gasteiger partial charge in [-0.3, -0.25) is 9.59 Å². The van der Waals surface area contributed by atoms with Crippen molar-refractivity contribution >= 4 is 24.4 Å². The van der Waals surface area contributed by atoms with Crippen molar-refractivity contribution in [1.29, 1.82) is 0 Å². The third kappa shape index (κ3) is 4.52. The lowest BCUT2D eigenvalue weighted by Gasteiger charge is -2.14. The van der Waals surface area contributed by atoms with E-state index in [4.69, 9.17) is 4.42 Å². The summed E-state index contributed by atoms with van der Waals surface area (Å²) in [5.41, 5.74) is 0. The maximum atomic E-state index is 11.7. The van der Waals surface area contributed by atoms with Crippen molar-refractivity contribution in [3.63, 3.8) is 0 Å². The number of amides is 2. The summed E-state index contributed by atoms with van der Waals surface area (Å²) in [4.78, 5) is 22.5. The molecule has 0 saturated heterocycles. The number of nitrogens with one attached hydrogen (secondary N) is 2. The molecule has 5 nitrogen and oxygen atoms in total. The molecular formula is C11H16N2O3S. The Morgan fingerprint density at radius 3 is 2.65 bits per heavy atom. The molecule has 1 aromatic heterocycles. The van der Waals surface area contributed by atoms with E-state index in [2.05, 4.69) is 23.3 Å². The Morgan fingerprint density at radius 1 is 1.47 bits per heavy atom. The van der Waals surface area contributed by atoms with Gasteiger partial charge >= 0.3 is 0 Å². The van der Waals surface area contributed by atoms with Gasteiger partial charge in [-0.1, -0.05) is 0 Å². The second kappa shape index (κ2) is 6.34. The Balaban J connectivity index is 2.44. The van der Waals surface area contributed by atoms with Crippen LogP contribution in [0.4, 0.5) is 0 Å². The maximum absolute atomic E-state index is 11.7. The zero-order chi connectivity index (χ0) is 12.8. The van der Waals surface area contributed by atoms with Gasteiger partial charge in [0.2, 0.25) is 11.8 Å². The second-order valence-electron chi connectivity index (χ2n) is 3.67. The molecule has 2 amide bonds. The van der Waals surface area contributed by atoms with E-state index < -0.39 is 6.04 Å². The van der Waals surface area contributed by atoms with Crippen LogP contribution in [0.15, 0.2) is 16.5 Å². The van der Waals surface area contributed by atoms with E-state index in [9.17, 15) is 9.59 Å². The van der Waals surface area contributed by atoms with Gasteiger partial charge in [-0.15, -0.1) is 0 Å².